The van der Waals surface area contributed by atoms with Crippen LogP contribution in [0.5, 0.6) is 0 Å². The van der Waals surface area contributed by atoms with E-state index in [-0.39, 0.29) is 5.69 Å². The summed E-state index contributed by atoms with van der Waals surface area (Å²) in [5.41, 5.74) is 2.62. The van der Waals surface area contributed by atoms with E-state index >= 15 is 0 Å². The van der Waals surface area contributed by atoms with E-state index in [1.165, 1.54) is 12.1 Å². The molecule has 0 aromatic heterocycles. The number of aliphatic hydroxyl groups excluding tert-OH is 1. The van der Waals surface area contributed by atoms with E-state index in [4.69, 9.17) is 11.6 Å². The maximum absolute atomic E-state index is 10.6. The van der Waals surface area contributed by atoms with Crippen molar-refractivity contribution in [1.82, 2.24) is 0 Å². The van der Waals surface area contributed by atoms with Crippen LogP contribution in [-0.4, -0.2) is 10.0 Å². The predicted octanol–water partition coefficient (Wildman–Crippen LogP) is 3.83. The lowest BCUT2D eigenvalue weighted by Crippen LogP contribution is -2.04. The average molecular weight is 292 g/mol. The number of aryl methyl sites for hydroxylation is 1. The summed E-state index contributed by atoms with van der Waals surface area (Å²) in [5, 5.41) is 21.4. The SMILES string of the molecule is Cc1ccc(Cl)cc1C(O)Cc1ccc([N+](=O)[O-])cc1. The number of rotatable bonds is 4. The first-order chi connectivity index (χ1) is 9.47. The third-order valence-electron chi connectivity index (χ3n) is 3.18. The molecule has 104 valence electrons. The molecule has 1 unspecified atom stereocenters. The van der Waals surface area contributed by atoms with Crippen molar-refractivity contribution in [2.24, 2.45) is 0 Å². The Balaban J connectivity index is 2.16. The molecule has 2 aromatic carbocycles. The molecule has 0 bridgehead atoms. The minimum Gasteiger partial charge on any atom is -0.388 e. The van der Waals surface area contributed by atoms with Crippen molar-refractivity contribution in [3.8, 4) is 0 Å². The van der Waals surface area contributed by atoms with Gasteiger partial charge in [-0.05, 0) is 35.7 Å². The second kappa shape index (κ2) is 6.03. The summed E-state index contributed by atoms with van der Waals surface area (Å²) in [4.78, 5) is 10.1. The zero-order chi connectivity index (χ0) is 14.7. The molecule has 20 heavy (non-hydrogen) atoms. The normalized spacial score (nSPS) is 12.2. The van der Waals surface area contributed by atoms with Crippen molar-refractivity contribution in [3.63, 3.8) is 0 Å². The quantitative estimate of drug-likeness (QED) is 0.688. The van der Waals surface area contributed by atoms with E-state index in [1.807, 2.05) is 13.0 Å². The molecule has 0 amide bonds. The Morgan fingerprint density at radius 2 is 1.90 bits per heavy atom. The number of aliphatic hydroxyl groups is 1. The van der Waals surface area contributed by atoms with Gasteiger partial charge in [-0.15, -0.1) is 0 Å². The molecule has 0 aliphatic heterocycles. The van der Waals surface area contributed by atoms with Gasteiger partial charge in [0.1, 0.15) is 0 Å². The highest BCUT2D eigenvalue weighted by atomic mass is 35.5. The first-order valence-corrected chi connectivity index (χ1v) is 6.52. The fourth-order valence-electron chi connectivity index (χ4n) is 2.06. The lowest BCUT2D eigenvalue weighted by Gasteiger charge is -2.14. The van der Waals surface area contributed by atoms with Crippen LogP contribution in [0.1, 0.15) is 22.8 Å². The molecule has 1 atom stereocenters. The van der Waals surface area contributed by atoms with Crippen LogP contribution in [-0.2, 0) is 6.42 Å². The molecule has 0 fully saturated rings. The number of nitrogens with zero attached hydrogens (tertiary/aromatic N) is 1. The number of benzene rings is 2. The molecular weight excluding hydrogens is 278 g/mol. The van der Waals surface area contributed by atoms with Gasteiger partial charge >= 0.3 is 0 Å². The summed E-state index contributed by atoms with van der Waals surface area (Å²) in [6.45, 7) is 1.91. The fraction of sp³-hybridized carbons (Fsp3) is 0.200. The van der Waals surface area contributed by atoms with Gasteiger partial charge in [-0.2, -0.15) is 0 Å². The summed E-state index contributed by atoms with van der Waals surface area (Å²) in [5.74, 6) is 0. The molecule has 0 saturated heterocycles. The Morgan fingerprint density at radius 3 is 2.50 bits per heavy atom. The molecule has 4 nitrogen and oxygen atoms in total. The van der Waals surface area contributed by atoms with Crippen LogP contribution in [0.3, 0.4) is 0 Å². The highest BCUT2D eigenvalue weighted by Crippen LogP contribution is 2.25. The molecule has 0 heterocycles. The second-order valence-electron chi connectivity index (χ2n) is 4.64. The lowest BCUT2D eigenvalue weighted by atomic mass is 9.98. The zero-order valence-electron chi connectivity index (χ0n) is 10.9. The van der Waals surface area contributed by atoms with E-state index in [9.17, 15) is 15.2 Å². The van der Waals surface area contributed by atoms with Crippen LogP contribution < -0.4 is 0 Å². The molecule has 1 N–H and O–H groups in total. The highest BCUT2D eigenvalue weighted by molar-refractivity contribution is 6.30. The molecular formula is C15H14ClNO3. The van der Waals surface area contributed by atoms with Crippen molar-refractivity contribution in [3.05, 3.63) is 74.3 Å². The Bertz CT molecular complexity index is 626. The lowest BCUT2D eigenvalue weighted by molar-refractivity contribution is -0.384. The van der Waals surface area contributed by atoms with Gasteiger partial charge in [0, 0.05) is 23.6 Å². The van der Waals surface area contributed by atoms with Crippen molar-refractivity contribution in [2.45, 2.75) is 19.4 Å². The molecule has 0 aliphatic rings. The average Bonchev–Trinajstić information content (AvgIpc) is 2.42. The number of hydrogen-bond donors (Lipinski definition) is 1. The van der Waals surface area contributed by atoms with E-state index in [1.54, 1.807) is 24.3 Å². The van der Waals surface area contributed by atoms with Crippen LogP contribution >= 0.6 is 11.6 Å². The van der Waals surface area contributed by atoms with Gasteiger partial charge in [-0.3, -0.25) is 10.1 Å². The summed E-state index contributed by atoms with van der Waals surface area (Å²) >= 11 is 5.93. The maximum atomic E-state index is 10.6. The Labute approximate surface area is 121 Å². The van der Waals surface area contributed by atoms with Crippen molar-refractivity contribution >= 4 is 17.3 Å². The third kappa shape index (κ3) is 3.35. The first-order valence-electron chi connectivity index (χ1n) is 6.15. The van der Waals surface area contributed by atoms with Gasteiger partial charge in [-0.1, -0.05) is 29.8 Å². The monoisotopic (exact) mass is 291 g/mol. The van der Waals surface area contributed by atoms with Crippen molar-refractivity contribution in [2.75, 3.05) is 0 Å². The Hall–Kier alpha value is -1.91. The third-order valence-corrected chi connectivity index (χ3v) is 3.41. The number of hydrogen-bond acceptors (Lipinski definition) is 3. The van der Waals surface area contributed by atoms with Crippen LogP contribution in [0.15, 0.2) is 42.5 Å². The van der Waals surface area contributed by atoms with Crippen molar-refractivity contribution < 1.29 is 10.0 Å². The van der Waals surface area contributed by atoms with E-state index < -0.39 is 11.0 Å². The van der Waals surface area contributed by atoms with Gasteiger partial charge in [0.25, 0.3) is 5.69 Å². The summed E-state index contributed by atoms with van der Waals surface area (Å²) in [6, 6.07) is 11.6. The van der Waals surface area contributed by atoms with E-state index in [0.29, 0.717) is 11.4 Å². The Morgan fingerprint density at radius 1 is 1.25 bits per heavy atom. The van der Waals surface area contributed by atoms with Crippen LogP contribution in [0.25, 0.3) is 0 Å². The number of halogens is 1. The zero-order valence-corrected chi connectivity index (χ0v) is 11.7. The summed E-state index contributed by atoms with van der Waals surface area (Å²) in [6.07, 6.45) is -0.297. The molecule has 0 saturated carbocycles. The summed E-state index contributed by atoms with van der Waals surface area (Å²) < 4.78 is 0. The molecule has 2 rings (SSSR count). The minimum atomic E-state index is -0.685. The summed E-state index contributed by atoms with van der Waals surface area (Å²) in [7, 11) is 0. The minimum absolute atomic E-state index is 0.0437. The maximum Gasteiger partial charge on any atom is 0.269 e. The number of non-ortho nitro benzene ring substituents is 1. The molecule has 2 aromatic rings. The number of nitro benzene ring substituents is 1. The van der Waals surface area contributed by atoms with Crippen LogP contribution in [0.2, 0.25) is 5.02 Å². The van der Waals surface area contributed by atoms with Gasteiger partial charge < -0.3 is 5.11 Å². The second-order valence-corrected chi connectivity index (χ2v) is 5.08. The molecule has 0 aliphatic carbocycles. The largest absolute Gasteiger partial charge is 0.388 e. The van der Waals surface area contributed by atoms with Crippen LogP contribution in [0.4, 0.5) is 5.69 Å². The predicted molar refractivity (Wildman–Crippen MR) is 77.9 cm³/mol. The standard InChI is InChI=1S/C15H14ClNO3/c1-10-2-5-12(16)9-14(10)15(18)8-11-3-6-13(7-4-11)17(19)20/h2-7,9,15,18H,8H2,1H3. The topological polar surface area (TPSA) is 63.4 Å². The van der Waals surface area contributed by atoms with Gasteiger partial charge in [0.05, 0.1) is 11.0 Å². The molecule has 0 spiro atoms. The number of nitro groups is 1. The van der Waals surface area contributed by atoms with Gasteiger partial charge in [-0.25, -0.2) is 0 Å². The van der Waals surface area contributed by atoms with Crippen molar-refractivity contribution in [1.29, 1.82) is 0 Å². The van der Waals surface area contributed by atoms with Crippen LogP contribution in [0, 0.1) is 17.0 Å². The smallest absolute Gasteiger partial charge is 0.269 e. The highest BCUT2D eigenvalue weighted by Gasteiger charge is 2.13. The molecule has 5 heteroatoms. The molecule has 0 radical (unpaired) electrons. The van der Waals surface area contributed by atoms with E-state index in [2.05, 4.69) is 0 Å². The fourth-order valence-corrected chi connectivity index (χ4v) is 2.24. The Kier molecular flexibility index (Phi) is 4.37. The van der Waals surface area contributed by atoms with Gasteiger partial charge in [0.15, 0.2) is 0 Å². The van der Waals surface area contributed by atoms with E-state index in [0.717, 1.165) is 16.7 Å². The van der Waals surface area contributed by atoms with Gasteiger partial charge in [0.2, 0.25) is 0 Å². The first kappa shape index (κ1) is 14.5.